The van der Waals surface area contributed by atoms with E-state index in [0.717, 1.165) is 11.1 Å². The second kappa shape index (κ2) is 9.46. The summed E-state index contributed by atoms with van der Waals surface area (Å²) >= 11 is 5.84. The molecule has 0 aliphatic heterocycles. The number of aromatic nitrogens is 3. The van der Waals surface area contributed by atoms with Gasteiger partial charge in [-0.25, -0.2) is 9.78 Å². The van der Waals surface area contributed by atoms with Crippen LogP contribution >= 0.6 is 11.6 Å². The number of anilines is 1. The molecule has 1 aromatic carbocycles. The first-order valence-electron chi connectivity index (χ1n) is 9.09. The fourth-order valence-electron chi connectivity index (χ4n) is 3.06. The van der Waals surface area contributed by atoms with Crippen molar-refractivity contribution >= 4 is 40.3 Å². The van der Waals surface area contributed by atoms with E-state index in [1.165, 1.54) is 4.68 Å². The average Bonchev–Trinajstić information content (AvgIpc) is 3.05. The number of fused-ring (bicyclic) bond motifs is 1. The van der Waals surface area contributed by atoms with Crippen molar-refractivity contribution in [3.8, 4) is 0 Å². The van der Waals surface area contributed by atoms with Gasteiger partial charge in [0.2, 0.25) is 5.91 Å². The lowest BCUT2D eigenvalue weighted by atomic mass is 10.1. The van der Waals surface area contributed by atoms with Crippen LogP contribution in [0.1, 0.15) is 5.69 Å². The molecule has 2 heterocycles. The van der Waals surface area contributed by atoms with Gasteiger partial charge in [0.15, 0.2) is 0 Å². The van der Waals surface area contributed by atoms with Crippen LogP contribution in [0.3, 0.4) is 0 Å². The highest BCUT2D eigenvalue weighted by Crippen LogP contribution is 2.19. The molecule has 0 radical (unpaired) electrons. The number of rotatable bonds is 8. The Kier molecular flexibility index (Phi) is 6.76. The van der Waals surface area contributed by atoms with Crippen LogP contribution in [0.15, 0.2) is 42.5 Å². The van der Waals surface area contributed by atoms with E-state index in [-0.39, 0.29) is 12.5 Å². The third-order valence-electron chi connectivity index (χ3n) is 4.33. The van der Waals surface area contributed by atoms with Crippen LogP contribution in [-0.2, 0) is 11.2 Å². The van der Waals surface area contributed by atoms with Crippen molar-refractivity contribution in [2.45, 2.75) is 6.42 Å². The van der Waals surface area contributed by atoms with Crippen LogP contribution in [-0.4, -0.2) is 57.8 Å². The molecule has 3 aromatic rings. The maximum atomic E-state index is 12.4. The number of para-hydroxylation sites is 1. The number of nitrogens with one attached hydrogen (secondary N) is 1. The number of amides is 2. The summed E-state index contributed by atoms with van der Waals surface area (Å²) < 4.78 is 1.19. The van der Waals surface area contributed by atoms with Crippen molar-refractivity contribution in [2.75, 3.05) is 31.5 Å². The standard InChI is InChI=1S/C19H22ClN7O2/c20-16-6-3-7-17(23-16)24-18(28)12-26(11-9-21)10-8-14-13-4-1-2-5-15(13)27(25-14)19(22)29/h1-7H,8-12,21H2,(H2,22,29)(H,23,24,28). The number of benzene rings is 1. The molecule has 9 nitrogen and oxygen atoms in total. The lowest BCUT2D eigenvalue weighted by Gasteiger charge is -2.20. The molecule has 2 aromatic heterocycles. The normalized spacial score (nSPS) is 11.1. The molecule has 3 rings (SSSR count). The van der Waals surface area contributed by atoms with Gasteiger partial charge in [-0.2, -0.15) is 9.78 Å². The van der Waals surface area contributed by atoms with Gasteiger partial charge in [-0.3, -0.25) is 9.69 Å². The lowest BCUT2D eigenvalue weighted by Crippen LogP contribution is -2.38. The van der Waals surface area contributed by atoms with Gasteiger partial charge in [-0.05, 0) is 18.2 Å². The van der Waals surface area contributed by atoms with Gasteiger partial charge in [-0.1, -0.05) is 35.9 Å². The molecular formula is C19H22ClN7O2. The number of hydrogen-bond acceptors (Lipinski definition) is 6. The van der Waals surface area contributed by atoms with Crippen molar-refractivity contribution in [2.24, 2.45) is 11.5 Å². The Bertz CT molecular complexity index is 1020. The number of carbonyl (C=O) groups is 2. The summed E-state index contributed by atoms with van der Waals surface area (Å²) in [5, 5.41) is 8.21. The largest absolute Gasteiger partial charge is 0.350 e. The van der Waals surface area contributed by atoms with E-state index in [9.17, 15) is 9.59 Å². The van der Waals surface area contributed by atoms with E-state index in [1.807, 2.05) is 23.1 Å². The molecular weight excluding hydrogens is 394 g/mol. The highest BCUT2D eigenvalue weighted by molar-refractivity contribution is 6.29. The van der Waals surface area contributed by atoms with Crippen molar-refractivity contribution in [1.82, 2.24) is 19.7 Å². The molecule has 5 N–H and O–H groups in total. The van der Waals surface area contributed by atoms with Gasteiger partial charge in [0.25, 0.3) is 0 Å². The predicted molar refractivity (Wildman–Crippen MR) is 112 cm³/mol. The Morgan fingerprint density at radius 3 is 2.66 bits per heavy atom. The van der Waals surface area contributed by atoms with E-state index in [4.69, 9.17) is 23.1 Å². The summed E-state index contributed by atoms with van der Waals surface area (Å²) in [4.78, 5) is 30.0. The molecule has 29 heavy (non-hydrogen) atoms. The van der Waals surface area contributed by atoms with Crippen LogP contribution in [0.4, 0.5) is 10.6 Å². The Morgan fingerprint density at radius 1 is 1.14 bits per heavy atom. The van der Waals surface area contributed by atoms with Gasteiger partial charge >= 0.3 is 6.03 Å². The van der Waals surface area contributed by atoms with E-state index in [0.29, 0.717) is 42.5 Å². The summed E-state index contributed by atoms with van der Waals surface area (Å²) in [7, 11) is 0. The minimum absolute atomic E-state index is 0.139. The van der Waals surface area contributed by atoms with Crippen LogP contribution in [0.2, 0.25) is 5.15 Å². The Morgan fingerprint density at radius 2 is 1.93 bits per heavy atom. The maximum absolute atomic E-state index is 12.4. The predicted octanol–water partition coefficient (Wildman–Crippen LogP) is 1.45. The van der Waals surface area contributed by atoms with Crippen LogP contribution < -0.4 is 16.8 Å². The highest BCUT2D eigenvalue weighted by atomic mass is 35.5. The summed E-state index contributed by atoms with van der Waals surface area (Å²) in [6, 6.07) is 11.8. The number of carbonyl (C=O) groups excluding carboxylic acids is 2. The number of primary amides is 1. The monoisotopic (exact) mass is 415 g/mol. The third-order valence-corrected chi connectivity index (χ3v) is 4.54. The molecule has 152 valence electrons. The minimum Gasteiger partial charge on any atom is -0.350 e. The topological polar surface area (TPSA) is 132 Å². The zero-order chi connectivity index (χ0) is 20.8. The van der Waals surface area contributed by atoms with Gasteiger partial charge in [-0.15, -0.1) is 0 Å². The molecule has 2 amide bonds. The Labute approximate surface area is 172 Å². The molecule has 0 saturated carbocycles. The van der Waals surface area contributed by atoms with E-state index < -0.39 is 6.03 Å². The third kappa shape index (κ3) is 5.29. The lowest BCUT2D eigenvalue weighted by molar-refractivity contribution is -0.117. The number of nitrogens with two attached hydrogens (primary N) is 2. The average molecular weight is 416 g/mol. The quantitative estimate of drug-likeness (QED) is 0.477. The maximum Gasteiger partial charge on any atom is 0.340 e. The van der Waals surface area contributed by atoms with Crippen LogP contribution in [0.5, 0.6) is 0 Å². The number of nitrogens with zero attached hydrogens (tertiary/aromatic N) is 4. The van der Waals surface area contributed by atoms with Crippen LogP contribution in [0, 0.1) is 0 Å². The SMILES string of the molecule is NCCN(CCc1nn(C(N)=O)c2ccccc12)CC(=O)Nc1cccc(Cl)n1. The zero-order valence-corrected chi connectivity index (χ0v) is 16.5. The summed E-state index contributed by atoms with van der Waals surface area (Å²) in [5.41, 5.74) is 12.5. The summed E-state index contributed by atoms with van der Waals surface area (Å²) in [6.45, 7) is 1.61. The van der Waals surface area contributed by atoms with Gasteiger partial charge in [0.05, 0.1) is 17.8 Å². The minimum atomic E-state index is -0.639. The first-order valence-corrected chi connectivity index (χ1v) is 9.47. The molecule has 10 heteroatoms. The molecule has 0 unspecified atom stereocenters. The Hall–Kier alpha value is -3.01. The van der Waals surface area contributed by atoms with E-state index >= 15 is 0 Å². The number of halogens is 1. The van der Waals surface area contributed by atoms with Gasteiger partial charge in [0.1, 0.15) is 11.0 Å². The molecule has 0 bridgehead atoms. The molecule has 0 aliphatic rings. The smallest absolute Gasteiger partial charge is 0.340 e. The number of hydrogen-bond donors (Lipinski definition) is 3. The van der Waals surface area contributed by atoms with Gasteiger partial charge < -0.3 is 16.8 Å². The van der Waals surface area contributed by atoms with Crippen molar-refractivity contribution in [3.63, 3.8) is 0 Å². The highest BCUT2D eigenvalue weighted by Gasteiger charge is 2.16. The molecule has 0 saturated heterocycles. The summed E-state index contributed by atoms with van der Waals surface area (Å²) in [6.07, 6.45) is 0.531. The van der Waals surface area contributed by atoms with Crippen molar-refractivity contribution in [1.29, 1.82) is 0 Å². The van der Waals surface area contributed by atoms with Crippen molar-refractivity contribution < 1.29 is 9.59 Å². The second-order valence-corrected chi connectivity index (χ2v) is 6.81. The van der Waals surface area contributed by atoms with Gasteiger partial charge in [0, 0.05) is 31.4 Å². The summed E-state index contributed by atoms with van der Waals surface area (Å²) in [5.74, 6) is 0.169. The first kappa shape index (κ1) is 20.7. The number of pyridine rings is 1. The zero-order valence-electron chi connectivity index (χ0n) is 15.7. The molecule has 0 fully saturated rings. The molecule has 0 aliphatic carbocycles. The molecule has 0 atom stereocenters. The first-order chi connectivity index (χ1) is 14.0. The molecule has 0 spiro atoms. The van der Waals surface area contributed by atoms with Crippen LogP contribution in [0.25, 0.3) is 10.9 Å². The van der Waals surface area contributed by atoms with E-state index in [2.05, 4.69) is 15.4 Å². The van der Waals surface area contributed by atoms with E-state index in [1.54, 1.807) is 24.3 Å². The fraction of sp³-hybridized carbons (Fsp3) is 0.263. The Balaban J connectivity index is 1.67. The second-order valence-electron chi connectivity index (χ2n) is 6.42. The van der Waals surface area contributed by atoms with Crippen molar-refractivity contribution in [3.05, 3.63) is 53.3 Å². The fourth-order valence-corrected chi connectivity index (χ4v) is 3.23.